The number of guanidine groups is 1. The molecule has 0 spiro atoms. The van der Waals surface area contributed by atoms with Crippen LogP contribution < -0.4 is 10.6 Å². The first-order valence-corrected chi connectivity index (χ1v) is 10.8. The third-order valence-electron chi connectivity index (χ3n) is 5.67. The summed E-state index contributed by atoms with van der Waals surface area (Å²) in [6, 6.07) is 0.325. The van der Waals surface area contributed by atoms with Crippen molar-refractivity contribution in [3.63, 3.8) is 0 Å². The molecule has 9 heteroatoms. The van der Waals surface area contributed by atoms with Crippen LogP contribution in [0.25, 0.3) is 0 Å². The van der Waals surface area contributed by atoms with E-state index in [-0.39, 0.29) is 24.0 Å². The maximum absolute atomic E-state index is 5.14. The topological polar surface area (TPSA) is 79.6 Å². The number of methoxy groups -OCH3 is 1. The van der Waals surface area contributed by atoms with Gasteiger partial charge in [0.1, 0.15) is 12.4 Å². The number of hydrogen-bond donors (Lipinski definition) is 2. The highest BCUT2D eigenvalue weighted by molar-refractivity contribution is 14.0. The van der Waals surface area contributed by atoms with Gasteiger partial charge in [-0.25, -0.2) is 9.67 Å². The molecule has 2 aliphatic rings. The number of likely N-dealkylation sites (tertiary alicyclic amines) is 1. The van der Waals surface area contributed by atoms with Crippen molar-refractivity contribution in [3.05, 3.63) is 11.6 Å². The third kappa shape index (κ3) is 7.67. The molecular formula is C20H38IN7O. The summed E-state index contributed by atoms with van der Waals surface area (Å²) in [6.07, 6.45) is 7.13. The van der Waals surface area contributed by atoms with Gasteiger partial charge in [0.05, 0.1) is 6.54 Å². The van der Waals surface area contributed by atoms with E-state index in [1.807, 2.05) is 11.7 Å². The highest BCUT2D eigenvalue weighted by Gasteiger charge is 2.22. The first-order chi connectivity index (χ1) is 13.7. The van der Waals surface area contributed by atoms with Crippen LogP contribution >= 0.6 is 24.0 Å². The number of nitrogens with one attached hydrogen (secondary N) is 2. The molecule has 1 aromatic rings. The molecule has 0 aromatic carbocycles. The highest BCUT2D eigenvalue weighted by atomic mass is 127. The van der Waals surface area contributed by atoms with Crippen LogP contribution in [0.5, 0.6) is 0 Å². The third-order valence-corrected chi connectivity index (χ3v) is 5.67. The van der Waals surface area contributed by atoms with Crippen LogP contribution in [-0.4, -0.2) is 72.0 Å². The Balaban J connectivity index is 0.00000300. The number of piperidine rings is 1. The first kappa shape index (κ1) is 24.3. The fraction of sp³-hybridized carbons (Fsp3) is 0.850. The average Bonchev–Trinajstić information content (AvgIpc) is 3.09. The molecule has 29 heavy (non-hydrogen) atoms. The maximum Gasteiger partial charge on any atom is 0.191 e. The van der Waals surface area contributed by atoms with Crippen molar-refractivity contribution >= 4 is 29.9 Å². The van der Waals surface area contributed by atoms with E-state index in [0.29, 0.717) is 12.6 Å². The largest absolute Gasteiger partial charge is 0.377 e. The molecule has 8 nitrogen and oxygen atoms in total. The Labute approximate surface area is 192 Å². The first-order valence-electron chi connectivity index (χ1n) is 10.8. The van der Waals surface area contributed by atoms with E-state index in [2.05, 4.69) is 37.5 Å². The number of aliphatic imine (C=N–C) groups is 1. The Morgan fingerprint density at radius 3 is 2.90 bits per heavy atom. The summed E-state index contributed by atoms with van der Waals surface area (Å²) >= 11 is 0. The molecule has 0 aliphatic carbocycles. The zero-order chi connectivity index (χ0) is 19.8. The smallest absolute Gasteiger partial charge is 0.191 e. The molecule has 1 fully saturated rings. The summed E-state index contributed by atoms with van der Waals surface area (Å²) in [6.45, 7) is 8.39. The number of hydrogen-bond acceptors (Lipinski definition) is 5. The molecule has 2 aliphatic heterocycles. The van der Waals surface area contributed by atoms with E-state index in [1.165, 1.54) is 45.3 Å². The number of aromatic nitrogens is 3. The van der Waals surface area contributed by atoms with Crippen LogP contribution in [0.15, 0.2) is 4.99 Å². The molecule has 166 valence electrons. The zero-order valence-corrected chi connectivity index (χ0v) is 20.5. The summed E-state index contributed by atoms with van der Waals surface area (Å²) in [5.41, 5.74) is 0. The Kier molecular flexibility index (Phi) is 10.6. The Bertz CT molecular complexity index is 636. The standard InChI is InChI=1S/C20H37N7O.HI/c1-16-7-6-12-26(13-16)11-5-4-10-22-20(21-2)23-17-8-9-19-24-18(15-28-3)25-27(19)14-17;/h16-17H,4-15H2,1-3H3,(H2,21,22,23);1H. The van der Waals surface area contributed by atoms with Gasteiger partial charge < -0.3 is 20.3 Å². The molecule has 2 N–H and O–H groups in total. The van der Waals surface area contributed by atoms with E-state index in [4.69, 9.17) is 4.74 Å². The number of unbranched alkanes of at least 4 members (excludes halogenated alkanes) is 1. The molecule has 0 bridgehead atoms. The van der Waals surface area contributed by atoms with E-state index in [0.717, 1.165) is 49.5 Å². The number of ether oxygens (including phenoxy) is 1. The monoisotopic (exact) mass is 519 g/mol. The maximum atomic E-state index is 5.14. The molecular weight excluding hydrogens is 481 g/mol. The van der Waals surface area contributed by atoms with Gasteiger partial charge in [-0.2, -0.15) is 5.10 Å². The minimum atomic E-state index is 0. The van der Waals surface area contributed by atoms with Crippen molar-refractivity contribution < 1.29 is 4.74 Å². The van der Waals surface area contributed by atoms with Gasteiger partial charge >= 0.3 is 0 Å². The van der Waals surface area contributed by atoms with Crippen molar-refractivity contribution in [2.24, 2.45) is 10.9 Å². The van der Waals surface area contributed by atoms with Crippen LogP contribution in [0.1, 0.15) is 50.7 Å². The van der Waals surface area contributed by atoms with Crippen LogP contribution in [0.4, 0.5) is 0 Å². The summed E-state index contributed by atoms with van der Waals surface area (Å²) in [4.78, 5) is 11.5. The number of fused-ring (bicyclic) bond motifs is 1. The lowest BCUT2D eigenvalue weighted by atomic mass is 10.0. The number of halogens is 1. The van der Waals surface area contributed by atoms with Crippen LogP contribution in [-0.2, 0) is 24.3 Å². The highest BCUT2D eigenvalue weighted by Crippen LogP contribution is 2.16. The summed E-state index contributed by atoms with van der Waals surface area (Å²) in [5.74, 6) is 3.57. The van der Waals surface area contributed by atoms with Gasteiger partial charge in [-0.1, -0.05) is 6.92 Å². The predicted molar refractivity (Wildman–Crippen MR) is 127 cm³/mol. The Morgan fingerprint density at radius 1 is 1.28 bits per heavy atom. The van der Waals surface area contributed by atoms with E-state index in [9.17, 15) is 0 Å². The van der Waals surface area contributed by atoms with Crippen LogP contribution in [0.3, 0.4) is 0 Å². The molecule has 2 unspecified atom stereocenters. The Morgan fingerprint density at radius 2 is 2.14 bits per heavy atom. The molecule has 1 aromatic heterocycles. The quantitative estimate of drug-likeness (QED) is 0.237. The van der Waals surface area contributed by atoms with Crippen molar-refractivity contribution in [1.82, 2.24) is 30.3 Å². The van der Waals surface area contributed by atoms with Gasteiger partial charge in [0, 0.05) is 39.7 Å². The van der Waals surface area contributed by atoms with E-state index < -0.39 is 0 Å². The van der Waals surface area contributed by atoms with E-state index >= 15 is 0 Å². The van der Waals surface area contributed by atoms with Gasteiger partial charge in [0.15, 0.2) is 11.8 Å². The lowest BCUT2D eigenvalue weighted by Crippen LogP contribution is -2.47. The molecule has 0 radical (unpaired) electrons. The Hall–Kier alpha value is -0.940. The molecule has 1 saturated heterocycles. The number of aryl methyl sites for hydroxylation is 1. The number of nitrogens with zero attached hydrogens (tertiary/aromatic N) is 5. The molecule has 2 atom stereocenters. The fourth-order valence-electron chi connectivity index (χ4n) is 4.21. The molecule has 3 heterocycles. The molecule has 0 amide bonds. The van der Waals surface area contributed by atoms with Crippen LogP contribution in [0.2, 0.25) is 0 Å². The van der Waals surface area contributed by atoms with Gasteiger partial charge in [-0.3, -0.25) is 4.99 Å². The lowest BCUT2D eigenvalue weighted by molar-refractivity contribution is 0.177. The van der Waals surface area contributed by atoms with Gasteiger partial charge in [0.2, 0.25) is 0 Å². The second-order valence-corrected chi connectivity index (χ2v) is 8.19. The second-order valence-electron chi connectivity index (χ2n) is 8.19. The normalized spacial score (nSPS) is 22.7. The molecule has 3 rings (SSSR count). The predicted octanol–water partition coefficient (Wildman–Crippen LogP) is 2.03. The van der Waals surface area contributed by atoms with Crippen LogP contribution in [0, 0.1) is 5.92 Å². The minimum Gasteiger partial charge on any atom is -0.377 e. The van der Waals surface area contributed by atoms with Crippen molar-refractivity contribution in [2.45, 2.75) is 64.6 Å². The fourth-order valence-corrected chi connectivity index (χ4v) is 4.21. The van der Waals surface area contributed by atoms with Crippen molar-refractivity contribution in [1.29, 1.82) is 0 Å². The zero-order valence-electron chi connectivity index (χ0n) is 18.2. The van der Waals surface area contributed by atoms with Crippen molar-refractivity contribution in [2.75, 3.05) is 40.3 Å². The van der Waals surface area contributed by atoms with Gasteiger partial charge in [-0.05, 0) is 51.1 Å². The average molecular weight is 519 g/mol. The summed E-state index contributed by atoms with van der Waals surface area (Å²) in [5, 5.41) is 11.5. The minimum absolute atomic E-state index is 0. The second kappa shape index (κ2) is 12.7. The molecule has 0 saturated carbocycles. The van der Waals surface area contributed by atoms with E-state index in [1.54, 1.807) is 7.11 Å². The van der Waals surface area contributed by atoms with Crippen molar-refractivity contribution in [3.8, 4) is 0 Å². The van der Waals surface area contributed by atoms with Gasteiger partial charge in [-0.15, -0.1) is 24.0 Å². The van der Waals surface area contributed by atoms with Gasteiger partial charge in [0.25, 0.3) is 0 Å². The lowest BCUT2D eigenvalue weighted by Gasteiger charge is -2.30. The summed E-state index contributed by atoms with van der Waals surface area (Å²) < 4.78 is 7.14. The summed E-state index contributed by atoms with van der Waals surface area (Å²) in [7, 11) is 3.51. The SMILES string of the molecule is CN=C(NCCCCN1CCCC(C)C1)NC1CCc2nc(COC)nn2C1.I. The number of rotatable bonds is 8.